The lowest BCUT2D eigenvalue weighted by Crippen LogP contribution is -2.00. The number of phenolic OH excluding ortho intramolecular Hbond substituents is 1. The van der Waals surface area contributed by atoms with E-state index in [0.717, 1.165) is 10.7 Å². The summed E-state index contributed by atoms with van der Waals surface area (Å²) in [5.74, 6) is 0.691. The number of benzene rings is 1. The van der Waals surface area contributed by atoms with E-state index >= 15 is 0 Å². The van der Waals surface area contributed by atoms with Crippen molar-refractivity contribution in [2.24, 2.45) is 0 Å². The van der Waals surface area contributed by atoms with Gasteiger partial charge in [0.25, 0.3) is 0 Å². The summed E-state index contributed by atoms with van der Waals surface area (Å²) in [6.45, 7) is 3.09. The van der Waals surface area contributed by atoms with Crippen LogP contribution in [-0.4, -0.2) is 16.7 Å². The molecule has 1 aromatic heterocycles. The molecular weight excluding hydrogens is 236 g/mol. The molecule has 0 aliphatic carbocycles. The Labute approximate surface area is 104 Å². The van der Waals surface area contributed by atoms with Crippen LogP contribution in [0.15, 0.2) is 29.8 Å². The number of aromatic nitrogens is 1. The third-order valence-corrected chi connectivity index (χ3v) is 2.93. The Bertz CT molecular complexity index is 471. The van der Waals surface area contributed by atoms with Gasteiger partial charge in [-0.05, 0) is 24.6 Å². The second-order valence-corrected chi connectivity index (χ2v) is 4.32. The molecule has 0 saturated carbocycles. The monoisotopic (exact) mass is 250 g/mol. The van der Waals surface area contributed by atoms with Crippen LogP contribution < -0.4 is 10.1 Å². The maximum atomic E-state index is 9.56. The van der Waals surface area contributed by atoms with Crippen LogP contribution in [0.5, 0.6) is 11.5 Å². The van der Waals surface area contributed by atoms with Crippen molar-refractivity contribution in [3.05, 3.63) is 35.3 Å². The van der Waals surface area contributed by atoms with Crippen LogP contribution in [0.4, 0.5) is 5.13 Å². The Hall–Kier alpha value is -1.75. The minimum absolute atomic E-state index is 0.171. The van der Waals surface area contributed by atoms with E-state index in [1.54, 1.807) is 23.6 Å². The van der Waals surface area contributed by atoms with Crippen molar-refractivity contribution in [1.29, 1.82) is 0 Å². The Morgan fingerprint density at radius 1 is 1.47 bits per heavy atom. The Morgan fingerprint density at radius 3 is 3.06 bits per heavy atom. The standard InChI is InChI=1S/C12H14N2O2S/c1-2-16-11-7-9(3-4-10(11)15)8-14-12-13-5-6-17-12/h3-7,15H,2,8H2,1H3,(H,13,14). The average molecular weight is 250 g/mol. The van der Waals surface area contributed by atoms with Gasteiger partial charge in [0.05, 0.1) is 6.61 Å². The van der Waals surface area contributed by atoms with Crippen LogP contribution in [-0.2, 0) is 6.54 Å². The first kappa shape index (κ1) is 11.7. The van der Waals surface area contributed by atoms with Crippen LogP contribution in [0.3, 0.4) is 0 Å². The number of hydrogen-bond acceptors (Lipinski definition) is 5. The lowest BCUT2D eigenvalue weighted by atomic mass is 10.2. The van der Waals surface area contributed by atoms with Gasteiger partial charge in [0, 0.05) is 18.1 Å². The van der Waals surface area contributed by atoms with Gasteiger partial charge in [0.1, 0.15) is 0 Å². The molecule has 0 amide bonds. The zero-order valence-corrected chi connectivity index (χ0v) is 10.3. The number of nitrogens with one attached hydrogen (secondary N) is 1. The van der Waals surface area contributed by atoms with Crippen molar-refractivity contribution in [3.8, 4) is 11.5 Å². The Kier molecular flexibility index (Phi) is 3.82. The van der Waals surface area contributed by atoms with Crippen molar-refractivity contribution in [2.45, 2.75) is 13.5 Å². The van der Waals surface area contributed by atoms with Crippen molar-refractivity contribution in [2.75, 3.05) is 11.9 Å². The minimum atomic E-state index is 0.171. The molecule has 0 saturated heterocycles. The summed E-state index contributed by atoms with van der Waals surface area (Å²) in [5, 5.41) is 15.6. The zero-order chi connectivity index (χ0) is 12.1. The van der Waals surface area contributed by atoms with Gasteiger partial charge in [-0.3, -0.25) is 0 Å². The van der Waals surface area contributed by atoms with Crippen LogP contribution in [0.2, 0.25) is 0 Å². The van der Waals surface area contributed by atoms with Gasteiger partial charge < -0.3 is 15.2 Å². The van der Waals surface area contributed by atoms with Gasteiger partial charge in [0.15, 0.2) is 16.6 Å². The molecule has 5 heteroatoms. The van der Waals surface area contributed by atoms with E-state index in [-0.39, 0.29) is 5.75 Å². The highest BCUT2D eigenvalue weighted by Gasteiger charge is 2.03. The van der Waals surface area contributed by atoms with Crippen LogP contribution in [0.1, 0.15) is 12.5 Å². The number of hydrogen-bond donors (Lipinski definition) is 2. The second-order valence-electron chi connectivity index (χ2n) is 3.43. The second kappa shape index (κ2) is 5.54. The fraction of sp³-hybridized carbons (Fsp3) is 0.250. The van der Waals surface area contributed by atoms with Gasteiger partial charge in [-0.1, -0.05) is 6.07 Å². The lowest BCUT2D eigenvalue weighted by Gasteiger charge is -2.08. The van der Waals surface area contributed by atoms with E-state index in [4.69, 9.17) is 4.74 Å². The van der Waals surface area contributed by atoms with Crippen molar-refractivity contribution >= 4 is 16.5 Å². The van der Waals surface area contributed by atoms with Crippen LogP contribution in [0.25, 0.3) is 0 Å². The summed E-state index contributed by atoms with van der Waals surface area (Å²) >= 11 is 1.56. The third-order valence-electron chi connectivity index (χ3n) is 2.20. The highest BCUT2D eigenvalue weighted by atomic mass is 32.1. The third kappa shape index (κ3) is 3.10. The molecule has 0 bridgehead atoms. The summed E-state index contributed by atoms with van der Waals surface area (Å²) in [6, 6.07) is 5.34. The highest BCUT2D eigenvalue weighted by molar-refractivity contribution is 7.13. The zero-order valence-electron chi connectivity index (χ0n) is 9.51. The first-order valence-corrected chi connectivity index (χ1v) is 6.25. The summed E-state index contributed by atoms with van der Waals surface area (Å²) < 4.78 is 5.32. The van der Waals surface area contributed by atoms with Crippen molar-refractivity contribution in [1.82, 2.24) is 4.98 Å². The van der Waals surface area contributed by atoms with E-state index < -0.39 is 0 Å². The molecule has 2 N–H and O–H groups in total. The summed E-state index contributed by atoms with van der Waals surface area (Å²) in [5.41, 5.74) is 1.04. The number of phenols is 1. The molecule has 2 aromatic rings. The maximum Gasteiger partial charge on any atom is 0.182 e. The first-order valence-electron chi connectivity index (χ1n) is 5.37. The number of nitrogens with zero attached hydrogens (tertiary/aromatic N) is 1. The number of ether oxygens (including phenoxy) is 1. The molecule has 0 spiro atoms. The van der Waals surface area contributed by atoms with E-state index in [1.165, 1.54) is 0 Å². The van der Waals surface area contributed by atoms with E-state index in [9.17, 15) is 5.11 Å². The molecule has 0 atom stereocenters. The summed E-state index contributed by atoms with van der Waals surface area (Å²) in [4.78, 5) is 4.13. The molecule has 2 rings (SSSR count). The predicted molar refractivity (Wildman–Crippen MR) is 68.7 cm³/mol. The molecule has 4 nitrogen and oxygen atoms in total. The van der Waals surface area contributed by atoms with Gasteiger partial charge >= 0.3 is 0 Å². The molecule has 0 fully saturated rings. The fourth-order valence-corrected chi connectivity index (χ4v) is 1.96. The van der Waals surface area contributed by atoms with Gasteiger partial charge in [0.2, 0.25) is 0 Å². The predicted octanol–water partition coefficient (Wildman–Crippen LogP) is 2.86. The Balaban J connectivity index is 2.03. The van der Waals surface area contributed by atoms with Crippen LogP contribution >= 0.6 is 11.3 Å². The number of aromatic hydroxyl groups is 1. The largest absolute Gasteiger partial charge is 0.504 e. The molecule has 0 radical (unpaired) electrons. The topological polar surface area (TPSA) is 54.4 Å². The summed E-state index contributed by atoms with van der Waals surface area (Å²) in [7, 11) is 0. The smallest absolute Gasteiger partial charge is 0.182 e. The SMILES string of the molecule is CCOc1cc(CNc2nccs2)ccc1O. The van der Waals surface area contributed by atoms with Crippen LogP contribution in [0, 0.1) is 0 Å². The average Bonchev–Trinajstić information content (AvgIpc) is 2.83. The van der Waals surface area contributed by atoms with Gasteiger partial charge in [-0.2, -0.15) is 0 Å². The Morgan fingerprint density at radius 2 is 2.35 bits per heavy atom. The molecule has 0 unspecified atom stereocenters. The molecule has 1 heterocycles. The van der Waals surface area contributed by atoms with Crippen molar-refractivity contribution in [3.63, 3.8) is 0 Å². The lowest BCUT2D eigenvalue weighted by molar-refractivity contribution is 0.318. The normalized spacial score (nSPS) is 10.2. The quantitative estimate of drug-likeness (QED) is 0.856. The molecule has 90 valence electrons. The molecule has 17 heavy (non-hydrogen) atoms. The molecule has 0 aliphatic rings. The van der Waals surface area contributed by atoms with Gasteiger partial charge in [-0.15, -0.1) is 11.3 Å². The number of thiazole rings is 1. The maximum absolute atomic E-state index is 9.56. The van der Waals surface area contributed by atoms with E-state index in [1.807, 2.05) is 24.4 Å². The number of anilines is 1. The highest BCUT2D eigenvalue weighted by Crippen LogP contribution is 2.27. The van der Waals surface area contributed by atoms with E-state index in [0.29, 0.717) is 18.9 Å². The minimum Gasteiger partial charge on any atom is -0.504 e. The number of rotatable bonds is 5. The van der Waals surface area contributed by atoms with Gasteiger partial charge in [-0.25, -0.2) is 4.98 Å². The van der Waals surface area contributed by atoms with Crippen molar-refractivity contribution < 1.29 is 9.84 Å². The first-order chi connectivity index (χ1) is 8.29. The fourth-order valence-electron chi connectivity index (χ4n) is 1.43. The molecule has 1 aromatic carbocycles. The molecular formula is C12H14N2O2S. The summed E-state index contributed by atoms with van der Waals surface area (Å²) in [6.07, 6.45) is 1.76. The molecule has 0 aliphatic heterocycles. The van der Waals surface area contributed by atoms with E-state index in [2.05, 4.69) is 10.3 Å².